The van der Waals surface area contributed by atoms with Gasteiger partial charge in [-0.25, -0.2) is 4.39 Å². The molecule has 0 radical (unpaired) electrons. The van der Waals surface area contributed by atoms with Gasteiger partial charge in [0.05, 0.1) is 18.6 Å². The minimum atomic E-state index is -0.597. The fourth-order valence-electron chi connectivity index (χ4n) is 5.11. The molecule has 2 aliphatic heterocycles. The summed E-state index contributed by atoms with van der Waals surface area (Å²) in [5.41, 5.74) is 1.24. The molecular weight excluding hydrogens is 423 g/mol. The van der Waals surface area contributed by atoms with E-state index < -0.39 is 5.41 Å². The lowest BCUT2D eigenvalue weighted by Crippen LogP contribution is -2.56. The van der Waals surface area contributed by atoms with Crippen LogP contribution < -0.4 is 4.74 Å². The van der Waals surface area contributed by atoms with Gasteiger partial charge in [-0.1, -0.05) is 30.3 Å². The number of benzene rings is 2. The quantitative estimate of drug-likeness (QED) is 0.693. The lowest BCUT2D eigenvalue weighted by molar-refractivity contribution is -0.154. The van der Waals surface area contributed by atoms with Crippen molar-refractivity contribution < 1.29 is 23.5 Å². The van der Waals surface area contributed by atoms with Gasteiger partial charge in [0.1, 0.15) is 11.6 Å². The first-order chi connectivity index (χ1) is 15.9. The summed E-state index contributed by atoms with van der Waals surface area (Å²) < 4.78 is 24.6. The summed E-state index contributed by atoms with van der Waals surface area (Å²) >= 11 is 0. The molecule has 4 rings (SSSR count). The van der Waals surface area contributed by atoms with Crippen LogP contribution in [0.5, 0.6) is 5.75 Å². The summed E-state index contributed by atoms with van der Waals surface area (Å²) in [6, 6.07) is 13.8. The van der Waals surface area contributed by atoms with Gasteiger partial charge < -0.3 is 19.3 Å². The van der Waals surface area contributed by atoms with Crippen molar-refractivity contribution in [1.29, 1.82) is 0 Å². The fraction of sp³-hybridized carbons (Fsp3) is 0.462. The van der Waals surface area contributed by atoms with Gasteiger partial charge in [0.2, 0.25) is 11.8 Å². The summed E-state index contributed by atoms with van der Waals surface area (Å²) in [5.74, 6) is 0.476. The molecule has 7 heteroatoms. The maximum atomic E-state index is 14.0. The lowest BCUT2D eigenvalue weighted by atomic mass is 9.73. The van der Waals surface area contributed by atoms with E-state index in [1.165, 1.54) is 12.1 Å². The van der Waals surface area contributed by atoms with Gasteiger partial charge in [-0.2, -0.15) is 0 Å². The zero-order valence-corrected chi connectivity index (χ0v) is 19.3. The van der Waals surface area contributed by atoms with Crippen molar-refractivity contribution in [2.75, 3.05) is 40.0 Å². The molecule has 2 saturated heterocycles. The molecule has 2 heterocycles. The predicted octanol–water partition coefficient (Wildman–Crippen LogP) is 3.61. The van der Waals surface area contributed by atoms with Crippen molar-refractivity contribution in [3.05, 3.63) is 65.5 Å². The Morgan fingerprint density at radius 1 is 1.09 bits per heavy atom. The number of nitrogens with zero attached hydrogens (tertiary/aromatic N) is 2. The number of carbonyl (C=O) groups is 2. The normalized spacial score (nSPS) is 20.4. The first-order valence-electron chi connectivity index (χ1n) is 11.5. The Hall–Kier alpha value is -2.93. The molecule has 2 aromatic carbocycles. The minimum absolute atomic E-state index is 0.0231. The first-order valence-corrected chi connectivity index (χ1v) is 11.5. The minimum Gasteiger partial charge on any atom is -0.496 e. The van der Waals surface area contributed by atoms with Crippen LogP contribution in [0, 0.1) is 11.2 Å². The van der Waals surface area contributed by atoms with E-state index >= 15 is 0 Å². The van der Waals surface area contributed by atoms with Crippen LogP contribution in [0.4, 0.5) is 4.39 Å². The third kappa shape index (κ3) is 4.88. The van der Waals surface area contributed by atoms with E-state index in [1.54, 1.807) is 26.2 Å². The summed E-state index contributed by atoms with van der Waals surface area (Å²) in [6.07, 6.45) is 1.78. The van der Waals surface area contributed by atoms with Crippen LogP contribution in [0.2, 0.25) is 0 Å². The van der Waals surface area contributed by atoms with E-state index in [2.05, 4.69) is 0 Å². The second-order valence-corrected chi connectivity index (χ2v) is 8.92. The molecule has 2 aromatic rings. The molecule has 2 fully saturated rings. The number of hydrogen-bond donors (Lipinski definition) is 0. The maximum absolute atomic E-state index is 14.0. The number of amides is 2. The zero-order valence-electron chi connectivity index (χ0n) is 19.3. The Bertz CT molecular complexity index is 988. The van der Waals surface area contributed by atoms with E-state index in [0.29, 0.717) is 57.9 Å². The third-order valence-corrected chi connectivity index (χ3v) is 6.93. The molecule has 0 N–H and O–H groups in total. The van der Waals surface area contributed by atoms with Gasteiger partial charge in [0.15, 0.2) is 0 Å². The Balaban J connectivity index is 1.62. The van der Waals surface area contributed by atoms with Gasteiger partial charge in [-0.3, -0.25) is 9.59 Å². The summed E-state index contributed by atoms with van der Waals surface area (Å²) in [6.45, 7) is 3.97. The topological polar surface area (TPSA) is 59.1 Å². The molecule has 1 atom stereocenters. The molecular formula is C26H31FN2O4. The molecule has 176 valence electrons. The van der Waals surface area contributed by atoms with Crippen molar-refractivity contribution in [3.8, 4) is 5.75 Å². The van der Waals surface area contributed by atoms with Gasteiger partial charge in [-0.05, 0) is 43.0 Å². The molecule has 6 nitrogen and oxygen atoms in total. The number of rotatable bonds is 5. The van der Waals surface area contributed by atoms with Crippen LogP contribution in [0.1, 0.15) is 36.9 Å². The van der Waals surface area contributed by atoms with E-state index in [4.69, 9.17) is 9.47 Å². The van der Waals surface area contributed by atoms with E-state index in [1.807, 2.05) is 34.1 Å². The number of halogens is 1. The molecule has 2 aliphatic rings. The van der Waals surface area contributed by atoms with Crippen molar-refractivity contribution in [2.24, 2.45) is 5.41 Å². The number of piperazine rings is 1. The highest BCUT2D eigenvalue weighted by atomic mass is 19.1. The van der Waals surface area contributed by atoms with Crippen molar-refractivity contribution in [2.45, 2.75) is 32.2 Å². The van der Waals surface area contributed by atoms with Gasteiger partial charge >= 0.3 is 0 Å². The first kappa shape index (κ1) is 23.2. The number of methoxy groups -OCH3 is 1. The smallest absolute Gasteiger partial charge is 0.229 e. The van der Waals surface area contributed by atoms with Crippen LogP contribution in [-0.2, 0) is 20.7 Å². The largest absolute Gasteiger partial charge is 0.496 e. The van der Waals surface area contributed by atoms with Crippen molar-refractivity contribution in [3.63, 3.8) is 0 Å². The fourth-order valence-corrected chi connectivity index (χ4v) is 5.11. The maximum Gasteiger partial charge on any atom is 0.229 e. The van der Waals surface area contributed by atoms with Crippen LogP contribution in [0.15, 0.2) is 48.5 Å². The van der Waals surface area contributed by atoms with Gasteiger partial charge in [0.25, 0.3) is 0 Å². The molecule has 0 saturated carbocycles. The van der Waals surface area contributed by atoms with Gasteiger partial charge in [-0.15, -0.1) is 0 Å². The van der Waals surface area contributed by atoms with Crippen LogP contribution in [0.3, 0.4) is 0 Å². The van der Waals surface area contributed by atoms with Crippen LogP contribution >= 0.6 is 0 Å². The highest BCUT2D eigenvalue weighted by Crippen LogP contribution is 2.39. The monoisotopic (exact) mass is 454 g/mol. The summed E-state index contributed by atoms with van der Waals surface area (Å²) in [4.78, 5) is 30.2. The SMILES string of the molecule is COc1ccccc1[C@H]1CN(C(=O)C2(Cc3ccc(F)cc3)CCOCC2)CCN1C(C)=O. The number of para-hydroxylation sites is 1. The van der Waals surface area contributed by atoms with Crippen LogP contribution in [0.25, 0.3) is 0 Å². The second-order valence-electron chi connectivity index (χ2n) is 8.92. The number of hydrogen-bond acceptors (Lipinski definition) is 4. The molecule has 0 spiro atoms. The lowest BCUT2D eigenvalue weighted by Gasteiger charge is -2.46. The zero-order chi connectivity index (χ0) is 23.4. The molecule has 2 amide bonds. The van der Waals surface area contributed by atoms with E-state index in [-0.39, 0.29) is 23.7 Å². The average Bonchev–Trinajstić information content (AvgIpc) is 2.85. The summed E-state index contributed by atoms with van der Waals surface area (Å²) in [5, 5.41) is 0. The van der Waals surface area contributed by atoms with Crippen molar-refractivity contribution >= 4 is 11.8 Å². The Morgan fingerprint density at radius 3 is 2.45 bits per heavy atom. The average molecular weight is 455 g/mol. The van der Waals surface area contributed by atoms with E-state index in [9.17, 15) is 14.0 Å². The molecule has 0 aliphatic carbocycles. The standard InChI is InChI=1S/C26H31FN2O4/c1-19(30)29-14-13-28(18-23(29)22-5-3-4-6-24(22)32-2)25(31)26(11-15-33-16-12-26)17-20-7-9-21(27)10-8-20/h3-10,23H,11-18H2,1-2H3/t23-/m1/s1. The number of ether oxygens (including phenoxy) is 2. The molecule has 0 bridgehead atoms. The Kier molecular flexibility index (Phi) is 6.98. The molecule has 0 aromatic heterocycles. The van der Waals surface area contributed by atoms with E-state index in [0.717, 1.165) is 11.1 Å². The molecule has 33 heavy (non-hydrogen) atoms. The highest BCUT2D eigenvalue weighted by Gasteiger charge is 2.45. The Labute approximate surface area is 194 Å². The molecule has 0 unspecified atom stereocenters. The van der Waals surface area contributed by atoms with Crippen LogP contribution in [-0.4, -0.2) is 61.6 Å². The van der Waals surface area contributed by atoms with Gasteiger partial charge in [0, 0.05) is 45.3 Å². The Morgan fingerprint density at radius 2 is 1.79 bits per heavy atom. The highest BCUT2D eigenvalue weighted by molar-refractivity contribution is 5.84. The predicted molar refractivity (Wildman–Crippen MR) is 122 cm³/mol. The number of carbonyl (C=O) groups excluding carboxylic acids is 2. The summed E-state index contributed by atoms with van der Waals surface area (Å²) in [7, 11) is 1.61. The second kappa shape index (κ2) is 9.91. The third-order valence-electron chi connectivity index (χ3n) is 6.93. The van der Waals surface area contributed by atoms with Crippen molar-refractivity contribution in [1.82, 2.24) is 9.80 Å².